The minimum absolute atomic E-state index is 0.00846. The van der Waals surface area contributed by atoms with Crippen LogP contribution in [0.25, 0.3) is 0 Å². The van der Waals surface area contributed by atoms with Crippen LogP contribution in [0.4, 0.5) is 0 Å². The summed E-state index contributed by atoms with van der Waals surface area (Å²) in [6, 6.07) is 8.06. The van der Waals surface area contributed by atoms with Crippen molar-refractivity contribution >= 4 is 0 Å². The summed E-state index contributed by atoms with van der Waals surface area (Å²) in [6.07, 6.45) is 14.4. The largest absolute Gasteiger partial charge is 0.326 e. The molecule has 6 heteroatoms. The lowest BCUT2D eigenvalue weighted by molar-refractivity contribution is 0.252. The molecule has 2 aromatic rings. The fourth-order valence-electron chi connectivity index (χ4n) is 6.66. The molecule has 38 heavy (non-hydrogen) atoms. The molecule has 2 heterocycles. The third kappa shape index (κ3) is 8.16. The van der Waals surface area contributed by atoms with Gasteiger partial charge in [-0.05, 0) is 73.6 Å². The first-order valence-corrected chi connectivity index (χ1v) is 15.0. The van der Waals surface area contributed by atoms with Crippen LogP contribution >= 0.6 is 0 Å². The van der Waals surface area contributed by atoms with Crippen LogP contribution in [-0.2, 0) is 12.8 Å². The molecule has 2 atom stereocenters. The average Bonchev–Trinajstić information content (AvgIpc) is 2.82. The number of H-pyrrole nitrogens is 2. The molecule has 0 bridgehead atoms. The van der Waals surface area contributed by atoms with Crippen LogP contribution in [0.3, 0.4) is 0 Å². The number of unbranched alkanes of at least 4 members (excludes halogenated alkanes) is 7. The molecule has 0 saturated heterocycles. The Morgan fingerprint density at radius 3 is 1.39 bits per heavy atom. The molecular weight excluding hydrogens is 472 g/mol. The highest BCUT2D eigenvalue weighted by Gasteiger charge is 2.33. The van der Waals surface area contributed by atoms with Crippen molar-refractivity contribution in [3.63, 3.8) is 0 Å². The number of hydrogen-bond acceptors (Lipinski definition) is 4. The van der Waals surface area contributed by atoms with Crippen LogP contribution in [0, 0.1) is 10.8 Å². The van der Waals surface area contributed by atoms with Gasteiger partial charge in [-0.3, -0.25) is 9.59 Å². The third-order valence-corrected chi connectivity index (χ3v) is 8.53. The van der Waals surface area contributed by atoms with Crippen LogP contribution in [0.5, 0.6) is 0 Å². The van der Waals surface area contributed by atoms with Gasteiger partial charge in [0.05, 0.1) is 0 Å². The van der Waals surface area contributed by atoms with Crippen molar-refractivity contribution in [2.75, 3.05) is 13.1 Å². The second-order valence-corrected chi connectivity index (χ2v) is 13.4. The molecule has 0 saturated carbocycles. The van der Waals surface area contributed by atoms with Gasteiger partial charge in [-0.2, -0.15) is 0 Å². The maximum absolute atomic E-state index is 11.8. The summed E-state index contributed by atoms with van der Waals surface area (Å²) in [7, 11) is 0. The van der Waals surface area contributed by atoms with Crippen LogP contribution in [0.15, 0.2) is 33.9 Å². The molecule has 2 aliphatic carbocycles. The molecule has 2 unspecified atom stereocenters. The van der Waals surface area contributed by atoms with E-state index < -0.39 is 0 Å². The molecule has 0 spiro atoms. The monoisotopic (exact) mass is 522 g/mol. The van der Waals surface area contributed by atoms with Gasteiger partial charge in [-0.15, -0.1) is 0 Å². The Hall–Kier alpha value is -2.18. The molecular formula is C32H50N4O2. The van der Waals surface area contributed by atoms with E-state index in [9.17, 15) is 9.59 Å². The lowest BCUT2D eigenvalue weighted by Gasteiger charge is -2.37. The zero-order valence-corrected chi connectivity index (χ0v) is 24.2. The van der Waals surface area contributed by atoms with E-state index in [0.717, 1.165) is 50.2 Å². The summed E-state index contributed by atoms with van der Waals surface area (Å²) in [5, 5.41) is 7.55. The smallest absolute Gasteiger partial charge is 0.248 e. The number of hydrogen-bond donors (Lipinski definition) is 4. The van der Waals surface area contributed by atoms with Crippen molar-refractivity contribution in [3.05, 3.63) is 67.5 Å². The molecule has 4 N–H and O–H groups in total. The minimum atomic E-state index is 0.00846. The standard InChI is InChI=1S/C32H50N4O2/c1-31(2)19-25(23-13-15-29(37)35-27(23)21-31)33-17-11-9-7-5-6-8-10-12-18-34-26-20-32(3,4)22-28-24(26)14-16-30(38)36-28/h13-16,25-26,33-34H,5-12,17-22H2,1-4H3,(H,35,37)(H,36,38). The highest BCUT2D eigenvalue weighted by Crippen LogP contribution is 2.40. The second-order valence-electron chi connectivity index (χ2n) is 13.4. The molecule has 4 rings (SSSR count). The number of aromatic nitrogens is 2. The Morgan fingerprint density at radius 2 is 1.00 bits per heavy atom. The molecule has 6 nitrogen and oxygen atoms in total. The molecule has 210 valence electrons. The van der Waals surface area contributed by atoms with E-state index in [4.69, 9.17) is 0 Å². The van der Waals surface area contributed by atoms with E-state index in [1.165, 1.54) is 62.5 Å². The van der Waals surface area contributed by atoms with Crippen LogP contribution < -0.4 is 21.8 Å². The number of pyridine rings is 2. The van der Waals surface area contributed by atoms with Crippen molar-refractivity contribution in [2.24, 2.45) is 10.8 Å². The maximum atomic E-state index is 11.8. The number of fused-ring (bicyclic) bond motifs is 2. The third-order valence-electron chi connectivity index (χ3n) is 8.53. The van der Waals surface area contributed by atoms with Gasteiger partial charge < -0.3 is 20.6 Å². The SMILES string of the molecule is CC1(C)Cc2[nH]c(=O)ccc2C(NCCCCCCCCCCNC2CC(C)(C)Cc3[nH]c(=O)ccc32)C1. The number of aromatic amines is 2. The topological polar surface area (TPSA) is 89.8 Å². The highest BCUT2D eigenvalue weighted by atomic mass is 16.1. The lowest BCUT2D eigenvalue weighted by Crippen LogP contribution is -2.35. The van der Waals surface area contributed by atoms with Crippen LogP contribution in [-0.4, -0.2) is 23.1 Å². The van der Waals surface area contributed by atoms with Crippen molar-refractivity contribution in [1.29, 1.82) is 0 Å². The van der Waals surface area contributed by atoms with Gasteiger partial charge >= 0.3 is 0 Å². The van der Waals surface area contributed by atoms with Crippen molar-refractivity contribution in [2.45, 2.75) is 117 Å². The molecule has 0 fully saturated rings. The Balaban J connectivity index is 1.05. The fraction of sp³-hybridized carbons (Fsp3) is 0.688. The number of nitrogens with one attached hydrogen (secondary N) is 4. The summed E-state index contributed by atoms with van der Waals surface area (Å²) in [5.41, 5.74) is 5.23. The molecule has 0 aliphatic heterocycles. The minimum Gasteiger partial charge on any atom is -0.326 e. The molecule has 0 amide bonds. The van der Waals surface area contributed by atoms with E-state index >= 15 is 0 Å². The quantitative estimate of drug-likeness (QED) is 0.240. The van der Waals surface area contributed by atoms with Crippen LogP contribution in [0.1, 0.15) is 127 Å². The van der Waals surface area contributed by atoms with Gasteiger partial charge in [0, 0.05) is 35.6 Å². The van der Waals surface area contributed by atoms with Gasteiger partial charge in [0.2, 0.25) is 11.1 Å². The Kier molecular flexibility index (Phi) is 9.69. The molecule has 2 aliphatic rings. The first-order valence-electron chi connectivity index (χ1n) is 15.0. The Labute approximate surface area is 228 Å². The van der Waals surface area contributed by atoms with Gasteiger partial charge in [-0.1, -0.05) is 78.4 Å². The molecule has 2 aromatic heterocycles. The highest BCUT2D eigenvalue weighted by molar-refractivity contribution is 5.29. The molecule has 0 radical (unpaired) electrons. The maximum Gasteiger partial charge on any atom is 0.248 e. The first kappa shape index (κ1) is 28.8. The summed E-state index contributed by atoms with van der Waals surface area (Å²) >= 11 is 0. The van der Waals surface area contributed by atoms with Crippen molar-refractivity contribution in [1.82, 2.24) is 20.6 Å². The van der Waals surface area contributed by atoms with E-state index in [2.05, 4.69) is 48.3 Å². The summed E-state index contributed by atoms with van der Waals surface area (Å²) in [5.74, 6) is 0. The van der Waals surface area contributed by atoms with E-state index in [1.54, 1.807) is 12.1 Å². The van der Waals surface area contributed by atoms with Gasteiger partial charge in [-0.25, -0.2) is 0 Å². The fourth-order valence-corrected chi connectivity index (χ4v) is 6.66. The Bertz CT molecular complexity index is 1070. The Morgan fingerprint density at radius 1 is 0.632 bits per heavy atom. The molecule has 0 aromatic carbocycles. The number of rotatable bonds is 13. The predicted molar refractivity (Wildman–Crippen MR) is 157 cm³/mol. The summed E-state index contributed by atoms with van der Waals surface area (Å²) < 4.78 is 0. The van der Waals surface area contributed by atoms with Gasteiger partial charge in [0.15, 0.2) is 0 Å². The average molecular weight is 523 g/mol. The van der Waals surface area contributed by atoms with Crippen molar-refractivity contribution < 1.29 is 0 Å². The zero-order chi connectivity index (χ0) is 27.2. The summed E-state index contributed by atoms with van der Waals surface area (Å²) in [6.45, 7) is 11.3. The summed E-state index contributed by atoms with van der Waals surface area (Å²) in [4.78, 5) is 29.7. The first-order chi connectivity index (χ1) is 18.1. The second kappa shape index (κ2) is 12.8. The van der Waals surface area contributed by atoms with E-state index in [0.29, 0.717) is 12.1 Å². The predicted octanol–water partition coefficient (Wildman–Crippen LogP) is 6.09. The normalized spacial score (nSPS) is 21.6. The van der Waals surface area contributed by atoms with E-state index in [-0.39, 0.29) is 21.9 Å². The van der Waals surface area contributed by atoms with Crippen molar-refractivity contribution in [3.8, 4) is 0 Å². The van der Waals surface area contributed by atoms with E-state index in [1.807, 2.05) is 12.1 Å². The van der Waals surface area contributed by atoms with Crippen LogP contribution in [0.2, 0.25) is 0 Å². The van der Waals surface area contributed by atoms with Gasteiger partial charge in [0.25, 0.3) is 0 Å². The lowest BCUT2D eigenvalue weighted by atomic mass is 9.74. The zero-order valence-electron chi connectivity index (χ0n) is 24.2. The van der Waals surface area contributed by atoms with Gasteiger partial charge in [0.1, 0.15) is 0 Å².